The number of rotatable bonds is 4. The molecule has 3 rings (SSSR count). The van der Waals surface area contributed by atoms with Crippen LogP contribution in [0.1, 0.15) is 59.3 Å². The van der Waals surface area contributed by atoms with E-state index in [0.29, 0.717) is 11.8 Å². The van der Waals surface area contributed by atoms with Gasteiger partial charge in [0, 0.05) is 5.41 Å². The molecular weight excluding hydrogens is 256 g/mol. The van der Waals surface area contributed by atoms with Crippen molar-refractivity contribution in [1.82, 2.24) is 0 Å². The summed E-state index contributed by atoms with van der Waals surface area (Å²) in [6, 6.07) is 0. The molecule has 3 saturated carbocycles. The fraction of sp³-hybridized carbons (Fsp3) is 0.938. The molecule has 2 bridgehead atoms. The normalized spacial score (nSPS) is 41.3. The average Bonchev–Trinajstić information content (AvgIpc) is 3.04. The quantitative estimate of drug-likeness (QED) is 0.626. The van der Waals surface area contributed by atoms with Crippen molar-refractivity contribution in [3.05, 3.63) is 0 Å². The van der Waals surface area contributed by atoms with Crippen molar-refractivity contribution < 1.29 is 9.53 Å². The van der Waals surface area contributed by atoms with Crippen molar-refractivity contribution in [2.45, 2.75) is 65.4 Å². The highest BCUT2D eigenvalue weighted by atomic mass is 32.1. The Kier molecular flexibility index (Phi) is 3.02. The van der Waals surface area contributed by atoms with Crippen molar-refractivity contribution >= 4 is 18.6 Å². The van der Waals surface area contributed by atoms with Gasteiger partial charge in [-0.3, -0.25) is 4.79 Å². The van der Waals surface area contributed by atoms with Crippen LogP contribution in [-0.2, 0) is 9.53 Å². The fourth-order valence-corrected chi connectivity index (χ4v) is 4.81. The van der Waals surface area contributed by atoms with Gasteiger partial charge in [-0.15, -0.1) is 0 Å². The number of esters is 1. The van der Waals surface area contributed by atoms with Gasteiger partial charge in [0.25, 0.3) is 0 Å². The number of thiol groups is 1. The summed E-state index contributed by atoms with van der Waals surface area (Å²) in [5.41, 5.74) is 0.679. The maximum atomic E-state index is 12.2. The zero-order chi connectivity index (χ0) is 13.9. The van der Waals surface area contributed by atoms with Crippen LogP contribution in [0.15, 0.2) is 0 Å². The summed E-state index contributed by atoms with van der Waals surface area (Å²) < 4.78 is 5.89. The lowest BCUT2D eigenvalue weighted by Crippen LogP contribution is -2.38. The van der Waals surface area contributed by atoms with Gasteiger partial charge < -0.3 is 4.74 Å². The number of carbonyl (C=O) groups is 1. The SMILES string of the molecule is CC1(C)C2CCC1(C)C(OC(=O)CC1(CS)CC1)C2. The van der Waals surface area contributed by atoms with Gasteiger partial charge in [0.05, 0.1) is 6.42 Å². The molecule has 3 fully saturated rings. The zero-order valence-corrected chi connectivity index (χ0v) is 13.3. The molecule has 3 atom stereocenters. The molecule has 0 radical (unpaired) electrons. The smallest absolute Gasteiger partial charge is 0.306 e. The van der Waals surface area contributed by atoms with E-state index in [2.05, 4.69) is 33.4 Å². The lowest BCUT2D eigenvalue weighted by Gasteiger charge is -2.38. The van der Waals surface area contributed by atoms with E-state index in [0.717, 1.165) is 30.9 Å². The van der Waals surface area contributed by atoms with Crippen LogP contribution in [0, 0.1) is 22.2 Å². The predicted molar refractivity (Wildman–Crippen MR) is 79.2 cm³/mol. The molecule has 0 saturated heterocycles. The highest BCUT2D eigenvalue weighted by Gasteiger charge is 2.63. The van der Waals surface area contributed by atoms with Gasteiger partial charge in [-0.1, -0.05) is 20.8 Å². The van der Waals surface area contributed by atoms with Crippen LogP contribution in [0.25, 0.3) is 0 Å². The summed E-state index contributed by atoms with van der Waals surface area (Å²) in [7, 11) is 0. The van der Waals surface area contributed by atoms with Gasteiger partial charge in [0.2, 0.25) is 0 Å². The van der Waals surface area contributed by atoms with Gasteiger partial charge in [0.1, 0.15) is 6.10 Å². The monoisotopic (exact) mass is 282 g/mol. The van der Waals surface area contributed by atoms with Crippen LogP contribution in [-0.4, -0.2) is 17.8 Å². The maximum Gasteiger partial charge on any atom is 0.306 e. The molecule has 3 unspecified atom stereocenters. The summed E-state index contributed by atoms with van der Waals surface area (Å²) >= 11 is 4.37. The third kappa shape index (κ3) is 1.95. The Bertz CT molecular complexity index is 400. The van der Waals surface area contributed by atoms with E-state index in [-0.39, 0.29) is 22.9 Å². The van der Waals surface area contributed by atoms with Crippen LogP contribution in [0.3, 0.4) is 0 Å². The first kappa shape index (κ1) is 13.8. The number of fused-ring (bicyclic) bond motifs is 2. The van der Waals surface area contributed by atoms with E-state index in [4.69, 9.17) is 4.74 Å². The van der Waals surface area contributed by atoms with Crippen LogP contribution < -0.4 is 0 Å². The predicted octanol–water partition coefficient (Wildman–Crippen LogP) is 3.84. The van der Waals surface area contributed by atoms with Crippen LogP contribution in [0.2, 0.25) is 0 Å². The van der Waals surface area contributed by atoms with E-state index in [1.54, 1.807) is 0 Å². The van der Waals surface area contributed by atoms with Gasteiger partial charge in [0.15, 0.2) is 0 Å². The van der Waals surface area contributed by atoms with Crippen LogP contribution in [0.4, 0.5) is 0 Å². The Hall–Kier alpha value is -0.180. The standard InChI is InChI=1S/C16H26O2S/c1-14(2)11-4-5-15(14,3)12(8-11)18-13(17)9-16(10-19)6-7-16/h11-12,19H,4-10H2,1-3H3. The third-order valence-electron chi connectivity index (χ3n) is 6.80. The fourth-order valence-electron chi connectivity index (χ4n) is 4.38. The molecule has 3 heteroatoms. The molecule has 0 aliphatic heterocycles. The van der Waals surface area contributed by atoms with E-state index >= 15 is 0 Å². The second-order valence-corrected chi connectivity index (χ2v) is 8.24. The second kappa shape index (κ2) is 4.16. The molecule has 19 heavy (non-hydrogen) atoms. The Morgan fingerprint density at radius 3 is 2.37 bits per heavy atom. The Morgan fingerprint density at radius 1 is 1.26 bits per heavy atom. The summed E-state index contributed by atoms with van der Waals surface area (Å²) in [5, 5.41) is 0. The first-order chi connectivity index (χ1) is 8.83. The number of hydrogen-bond donors (Lipinski definition) is 1. The molecule has 0 aromatic heterocycles. The van der Waals surface area contributed by atoms with Crippen molar-refractivity contribution in [2.75, 3.05) is 5.75 Å². The second-order valence-electron chi connectivity index (χ2n) is 7.92. The molecule has 108 valence electrons. The van der Waals surface area contributed by atoms with Gasteiger partial charge in [-0.2, -0.15) is 12.6 Å². The van der Waals surface area contributed by atoms with Gasteiger partial charge in [-0.05, 0) is 54.6 Å². The third-order valence-corrected chi connectivity index (χ3v) is 7.47. The van der Waals surface area contributed by atoms with Crippen molar-refractivity contribution in [3.63, 3.8) is 0 Å². The van der Waals surface area contributed by atoms with E-state index in [9.17, 15) is 4.79 Å². The number of ether oxygens (including phenoxy) is 1. The Labute approximate surface area is 122 Å². The van der Waals surface area contributed by atoms with Gasteiger partial charge in [-0.25, -0.2) is 0 Å². The molecule has 0 aromatic rings. The number of hydrogen-bond acceptors (Lipinski definition) is 3. The Morgan fingerprint density at radius 2 is 1.95 bits per heavy atom. The molecule has 3 aliphatic rings. The summed E-state index contributed by atoms with van der Waals surface area (Å²) in [6.45, 7) is 7.03. The summed E-state index contributed by atoms with van der Waals surface area (Å²) in [4.78, 5) is 12.2. The molecule has 0 spiro atoms. The maximum absolute atomic E-state index is 12.2. The largest absolute Gasteiger partial charge is 0.462 e. The summed E-state index contributed by atoms with van der Waals surface area (Å²) in [5.74, 6) is 1.56. The van der Waals surface area contributed by atoms with Crippen molar-refractivity contribution in [3.8, 4) is 0 Å². The minimum Gasteiger partial charge on any atom is -0.462 e. The molecular formula is C16H26O2S. The summed E-state index contributed by atoms with van der Waals surface area (Å²) in [6.07, 6.45) is 6.59. The molecule has 2 nitrogen and oxygen atoms in total. The van der Waals surface area contributed by atoms with Crippen LogP contribution >= 0.6 is 12.6 Å². The highest BCUT2D eigenvalue weighted by molar-refractivity contribution is 7.80. The Balaban J connectivity index is 1.64. The zero-order valence-electron chi connectivity index (χ0n) is 12.4. The van der Waals surface area contributed by atoms with Crippen molar-refractivity contribution in [1.29, 1.82) is 0 Å². The van der Waals surface area contributed by atoms with E-state index < -0.39 is 0 Å². The van der Waals surface area contributed by atoms with E-state index in [1.807, 2.05) is 0 Å². The minimum atomic E-state index is 0.0149. The first-order valence-corrected chi connectivity index (χ1v) is 8.27. The molecule has 0 N–H and O–H groups in total. The lowest BCUT2D eigenvalue weighted by molar-refractivity contribution is -0.158. The molecule has 0 aromatic carbocycles. The van der Waals surface area contributed by atoms with Crippen LogP contribution in [0.5, 0.6) is 0 Å². The first-order valence-electron chi connectivity index (χ1n) is 7.63. The van der Waals surface area contributed by atoms with E-state index in [1.165, 1.54) is 12.8 Å². The molecule has 3 aliphatic carbocycles. The van der Waals surface area contributed by atoms with Crippen molar-refractivity contribution in [2.24, 2.45) is 22.2 Å². The molecule has 0 amide bonds. The average molecular weight is 282 g/mol. The topological polar surface area (TPSA) is 26.3 Å². The van der Waals surface area contributed by atoms with Gasteiger partial charge >= 0.3 is 5.97 Å². The lowest BCUT2D eigenvalue weighted by atomic mass is 9.70. The minimum absolute atomic E-state index is 0.0149. The molecule has 0 heterocycles. The highest BCUT2D eigenvalue weighted by Crippen LogP contribution is 2.66. The number of carbonyl (C=O) groups excluding carboxylic acids is 1.